The van der Waals surface area contributed by atoms with Crippen molar-refractivity contribution >= 4 is 17.2 Å². The van der Waals surface area contributed by atoms with Gasteiger partial charge < -0.3 is 11.1 Å². The Balaban J connectivity index is 2.27. The van der Waals surface area contributed by atoms with Gasteiger partial charge in [-0.05, 0) is 12.8 Å². The van der Waals surface area contributed by atoms with Gasteiger partial charge in [-0.2, -0.15) is 0 Å². The second-order valence-corrected chi connectivity index (χ2v) is 4.23. The highest BCUT2D eigenvalue weighted by atomic mass is 32.1. The topological polar surface area (TPSA) is 68.0 Å². The van der Waals surface area contributed by atoms with Crippen LogP contribution in [-0.2, 0) is 17.8 Å². The number of nitrogens with two attached hydrogens (primary N) is 1. The number of amides is 1. The SMILES string of the molecule is CCCNC(=O)CCc1csc(CN)n1. The first-order valence-corrected chi connectivity index (χ1v) is 6.04. The van der Waals surface area contributed by atoms with E-state index in [1.165, 1.54) is 0 Å². The number of nitrogens with zero attached hydrogens (tertiary/aromatic N) is 1. The number of hydrogen-bond acceptors (Lipinski definition) is 4. The highest BCUT2D eigenvalue weighted by Gasteiger charge is 2.04. The van der Waals surface area contributed by atoms with Crippen LogP contribution in [0.1, 0.15) is 30.5 Å². The Bertz CT molecular complexity index is 311. The number of aromatic nitrogens is 1. The van der Waals surface area contributed by atoms with Gasteiger partial charge in [0.1, 0.15) is 5.01 Å². The molecule has 0 radical (unpaired) electrons. The molecule has 0 atom stereocenters. The minimum Gasteiger partial charge on any atom is -0.356 e. The maximum Gasteiger partial charge on any atom is 0.220 e. The van der Waals surface area contributed by atoms with Crippen LogP contribution >= 0.6 is 11.3 Å². The highest BCUT2D eigenvalue weighted by molar-refractivity contribution is 7.09. The van der Waals surface area contributed by atoms with Crippen molar-refractivity contribution in [3.05, 3.63) is 16.1 Å². The van der Waals surface area contributed by atoms with Crippen LogP contribution in [0.5, 0.6) is 0 Å². The second-order valence-electron chi connectivity index (χ2n) is 3.29. The van der Waals surface area contributed by atoms with E-state index in [1.54, 1.807) is 11.3 Å². The van der Waals surface area contributed by atoms with Crippen LogP contribution in [0.3, 0.4) is 0 Å². The molecular weight excluding hydrogens is 210 g/mol. The largest absolute Gasteiger partial charge is 0.356 e. The minimum atomic E-state index is 0.0964. The van der Waals surface area contributed by atoms with Crippen molar-refractivity contribution in [2.45, 2.75) is 32.7 Å². The van der Waals surface area contributed by atoms with E-state index in [9.17, 15) is 4.79 Å². The molecule has 1 rings (SSSR count). The lowest BCUT2D eigenvalue weighted by Gasteiger charge is -2.01. The quantitative estimate of drug-likeness (QED) is 0.763. The van der Waals surface area contributed by atoms with E-state index in [1.807, 2.05) is 12.3 Å². The van der Waals surface area contributed by atoms with Gasteiger partial charge in [0, 0.05) is 24.9 Å². The van der Waals surface area contributed by atoms with Crippen LogP contribution in [0.25, 0.3) is 0 Å². The van der Waals surface area contributed by atoms with E-state index in [-0.39, 0.29) is 5.91 Å². The zero-order chi connectivity index (χ0) is 11.1. The van der Waals surface area contributed by atoms with Crippen molar-refractivity contribution in [3.8, 4) is 0 Å². The molecule has 3 N–H and O–H groups in total. The van der Waals surface area contributed by atoms with Crippen molar-refractivity contribution in [1.82, 2.24) is 10.3 Å². The van der Waals surface area contributed by atoms with Crippen molar-refractivity contribution in [2.75, 3.05) is 6.54 Å². The molecule has 84 valence electrons. The molecule has 0 saturated heterocycles. The lowest BCUT2D eigenvalue weighted by atomic mass is 10.2. The Morgan fingerprint density at radius 2 is 2.47 bits per heavy atom. The number of rotatable bonds is 6. The van der Waals surface area contributed by atoms with Crippen LogP contribution < -0.4 is 11.1 Å². The fourth-order valence-electron chi connectivity index (χ4n) is 1.15. The van der Waals surface area contributed by atoms with E-state index >= 15 is 0 Å². The molecule has 4 nitrogen and oxygen atoms in total. The van der Waals surface area contributed by atoms with Gasteiger partial charge >= 0.3 is 0 Å². The molecular formula is C10H17N3OS. The summed E-state index contributed by atoms with van der Waals surface area (Å²) < 4.78 is 0. The number of aryl methyl sites for hydroxylation is 1. The average Bonchev–Trinajstić information content (AvgIpc) is 2.71. The molecule has 0 aliphatic rings. The number of thiazole rings is 1. The van der Waals surface area contributed by atoms with E-state index in [0.29, 0.717) is 19.4 Å². The second kappa shape index (κ2) is 6.53. The predicted molar refractivity (Wildman–Crippen MR) is 61.6 cm³/mol. The predicted octanol–water partition coefficient (Wildman–Crippen LogP) is 1.06. The summed E-state index contributed by atoms with van der Waals surface area (Å²) in [7, 11) is 0. The standard InChI is InChI=1S/C10H17N3OS/c1-2-5-12-9(14)4-3-8-7-15-10(6-11)13-8/h7H,2-6,11H2,1H3,(H,12,14). The Morgan fingerprint density at radius 3 is 3.07 bits per heavy atom. The number of carbonyl (C=O) groups is 1. The van der Waals surface area contributed by atoms with E-state index in [4.69, 9.17) is 5.73 Å². The van der Waals surface area contributed by atoms with Crippen LogP contribution in [-0.4, -0.2) is 17.4 Å². The maximum absolute atomic E-state index is 11.3. The number of hydrogen-bond donors (Lipinski definition) is 2. The molecule has 0 bridgehead atoms. The zero-order valence-corrected chi connectivity index (χ0v) is 9.77. The van der Waals surface area contributed by atoms with E-state index < -0.39 is 0 Å². The summed E-state index contributed by atoms with van der Waals surface area (Å²) in [6.07, 6.45) is 2.18. The van der Waals surface area contributed by atoms with Gasteiger partial charge in [0.15, 0.2) is 0 Å². The van der Waals surface area contributed by atoms with Crippen LogP contribution in [0.2, 0.25) is 0 Å². The lowest BCUT2D eigenvalue weighted by Crippen LogP contribution is -2.24. The van der Waals surface area contributed by atoms with Gasteiger partial charge in [0.05, 0.1) is 5.69 Å². The molecule has 0 aliphatic carbocycles. The summed E-state index contributed by atoms with van der Waals surface area (Å²) in [6, 6.07) is 0. The molecule has 5 heteroatoms. The Labute approximate surface area is 93.9 Å². The molecule has 1 heterocycles. The summed E-state index contributed by atoms with van der Waals surface area (Å²) in [5.74, 6) is 0.0964. The summed E-state index contributed by atoms with van der Waals surface area (Å²) >= 11 is 1.55. The third-order valence-electron chi connectivity index (χ3n) is 1.95. The third kappa shape index (κ3) is 4.40. The molecule has 0 fully saturated rings. The van der Waals surface area contributed by atoms with Crippen molar-refractivity contribution in [2.24, 2.45) is 5.73 Å². The average molecular weight is 227 g/mol. The van der Waals surface area contributed by atoms with Crippen molar-refractivity contribution in [3.63, 3.8) is 0 Å². The summed E-state index contributed by atoms with van der Waals surface area (Å²) in [4.78, 5) is 15.6. The Kier molecular flexibility index (Phi) is 5.28. The Morgan fingerprint density at radius 1 is 1.67 bits per heavy atom. The normalized spacial score (nSPS) is 10.3. The molecule has 0 unspecified atom stereocenters. The first kappa shape index (κ1) is 12.1. The molecule has 1 aromatic heterocycles. The van der Waals surface area contributed by atoms with Gasteiger partial charge in [-0.15, -0.1) is 11.3 Å². The first-order valence-electron chi connectivity index (χ1n) is 5.16. The molecule has 0 spiro atoms. The van der Waals surface area contributed by atoms with Gasteiger partial charge in [0.2, 0.25) is 5.91 Å². The first-order chi connectivity index (χ1) is 7.26. The number of carbonyl (C=O) groups excluding carboxylic acids is 1. The van der Waals surface area contributed by atoms with E-state index in [0.717, 1.165) is 23.7 Å². The monoisotopic (exact) mass is 227 g/mol. The molecule has 1 amide bonds. The minimum absolute atomic E-state index is 0.0964. The summed E-state index contributed by atoms with van der Waals surface area (Å²) in [6.45, 7) is 3.27. The van der Waals surface area contributed by atoms with Crippen LogP contribution in [0, 0.1) is 0 Å². The molecule has 1 aromatic rings. The zero-order valence-electron chi connectivity index (χ0n) is 8.95. The summed E-state index contributed by atoms with van der Waals surface area (Å²) in [5, 5.41) is 5.73. The van der Waals surface area contributed by atoms with Gasteiger partial charge in [-0.1, -0.05) is 6.92 Å². The fourth-order valence-corrected chi connectivity index (χ4v) is 1.86. The molecule has 0 aromatic carbocycles. The molecule has 0 aliphatic heterocycles. The van der Waals surface area contributed by atoms with Gasteiger partial charge in [-0.25, -0.2) is 4.98 Å². The smallest absolute Gasteiger partial charge is 0.220 e. The molecule has 0 saturated carbocycles. The molecule has 15 heavy (non-hydrogen) atoms. The van der Waals surface area contributed by atoms with Crippen LogP contribution in [0.15, 0.2) is 5.38 Å². The van der Waals surface area contributed by atoms with E-state index in [2.05, 4.69) is 10.3 Å². The third-order valence-corrected chi connectivity index (χ3v) is 2.87. The fraction of sp³-hybridized carbons (Fsp3) is 0.600. The van der Waals surface area contributed by atoms with Gasteiger partial charge in [0.25, 0.3) is 0 Å². The highest BCUT2D eigenvalue weighted by Crippen LogP contribution is 2.10. The van der Waals surface area contributed by atoms with Crippen LogP contribution in [0.4, 0.5) is 0 Å². The summed E-state index contributed by atoms with van der Waals surface area (Å²) in [5.41, 5.74) is 6.42. The van der Waals surface area contributed by atoms with Crippen molar-refractivity contribution < 1.29 is 4.79 Å². The van der Waals surface area contributed by atoms with Crippen molar-refractivity contribution in [1.29, 1.82) is 0 Å². The number of nitrogens with one attached hydrogen (secondary N) is 1. The Hall–Kier alpha value is -0.940. The maximum atomic E-state index is 11.3. The lowest BCUT2D eigenvalue weighted by molar-refractivity contribution is -0.121. The van der Waals surface area contributed by atoms with Gasteiger partial charge in [-0.3, -0.25) is 4.79 Å².